The minimum absolute atomic E-state index is 0.596. The molecule has 1 aromatic rings. The highest BCUT2D eigenvalue weighted by Gasteiger charge is 1.99. The summed E-state index contributed by atoms with van der Waals surface area (Å²) in [7, 11) is -2.24. The Labute approximate surface area is 87.8 Å². The number of hydrogen-bond donors (Lipinski definition) is 1. The lowest BCUT2D eigenvalue weighted by atomic mass is 10.2. The third kappa shape index (κ3) is 3.45. The maximum atomic E-state index is 10.9. The fourth-order valence-corrected chi connectivity index (χ4v) is 1.22. The highest BCUT2D eigenvalue weighted by atomic mass is 35.5. The molecule has 0 radical (unpaired) electrons. The van der Waals surface area contributed by atoms with Gasteiger partial charge in [-0.25, -0.2) is 0 Å². The van der Waals surface area contributed by atoms with Gasteiger partial charge in [0.15, 0.2) is 0 Å². The van der Waals surface area contributed by atoms with Crippen molar-refractivity contribution in [2.75, 3.05) is 7.05 Å². The quantitative estimate of drug-likeness (QED) is 0.797. The van der Waals surface area contributed by atoms with Crippen LogP contribution in [0.25, 0.3) is 0 Å². The highest BCUT2D eigenvalue weighted by Crippen LogP contribution is 2.07. The van der Waals surface area contributed by atoms with Crippen molar-refractivity contribution in [2.45, 2.75) is 0 Å². The minimum atomic E-state index is -3.54. The summed E-state index contributed by atoms with van der Waals surface area (Å²) in [5.74, 6) is 0. The first-order valence-electron chi connectivity index (χ1n) is 3.78. The van der Waals surface area contributed by atoms with Gasteiger partial charge < -0.3 is 0 Å². The van der Waals surface area contributed by atoms with Gasteiger partial charge in [-0.2, -0.15) is 17.5 Å². The summed E-state index contributed by atoms with van der Waals surface area (Å²) in [4.78, 5) is 0. The zero-order valence-electron chi connectivity index (χ0n) is 7.44. The van der Waals surface area contributed by atoms with E-state index in [1.807, 2.05) is 0 Å². The number of halogens is 1. The maximum absolute atomic E-state index is 10.9. The number of rotatable bonds is 3. The van der Waals surface area contributed by atoms with Gasteiger partial charge in [-0.05, 0) is 17.7 Å². The molecule has 1 aromatic carbocycles. The second-order valence-corrected chi connectivity index (χ2v) is 4.47. The molecule has 76 valence electrons. The molecule has 0 aliphatic heterocycles. The van der Waals surface area contributed by atoms with E-state index in [9.17, 15) is 8.42 Å². The molecule has 0 bridgehead atoms. The van der Waals surface area contributed by atoms with Crippen molar-refractivity contribution >= 4 is 28.0 Å². The molecule has 0 spiro atoms. The van der Waals surface area contributed by atoms with Gasteiger partial charge in [-0.3, -0.25) is 0 Å². The predicted octanol–water partition coefficient (Wildman–Crippen LogP) is 1.22. The maximum Gasteiger partial charge on any atom is 0.319 e. The van der Waals surface area contributed by atoms with Crippen LogP contribution in [0.15, 0.2) is 28.7 Å². The Bertz CT molecular complexity index is 425. The van der Waals surface area contributed by atoms with Gasteiger partial charge in [0.25, 0.3) is 0 Å². The smallest absolute Gasteiger partial charge is 0.199 e. The van der Waals surface area contributed by atoms with Gasteiger partial charge in [0, 0.05) is 18.3 Å². The highest BCUT2D eigenvalue weighted by molar-refractivity contribution is 7.88. The molecule has 1 rings (SSSR count). The van der Waals surface area contributed by atoms with E-state index in [1.54, 1.807) is 24.3 Å². The minimum Gasteiger partial charge on any atom is -0.199 e. The summed E-state index contributed by atoms with van der Waals surface area (Å²) >= 11 is 5.65. The van der Waals surface area contributed by atoms with Crippen LogP contribution in [-0.2, 0) is 10.2 Å². The van der Waals surface area contributed by atoms with Crippen LogP contribution < -0.4 is 4.72 Å². The molecule has 0 amide bonds. The van der Waals surface area contributed by atoms with E-state index < -0.39 is 10.2 Å². The van der Waals surface area contributed by atoms with Crippen LogP contribution in [-0.4, -0.2) is 21.7 Å². The van der Waals surface area contributed by atoms with Crippen molar-refractivity contribution in [1.29, 1.82) is 0 Å². The predicted molar refractivity (Wildman–Crippen MR) is 57.0 cm³/mol. The monoisotopic (exact) mass is 232 g/mol. The molecule has 1 N–H and O–H groups in total. The van der Waals surface area contributed by atoms with E-state index >= 15 is 0 Å². The molecular weight excluding hydrogens is 224 g/mol. The van der Waals surface area contributed by atoms with E-state index in [4.69, 9.17) is 11.6 Å². The first-order valence-corrected chi connectivity index (χ1v) is 5.60. The fourth-order valence-electron chi connectivity index (χ4n) is 0.732. The van der Waals surface area contributed by atoms with Crippen molar-refractivity contribution in [3.8, 4) is 0 Å². The molecule has 4 nitrogen and oxygen atoms in total. The van der Waals surface area contributed by atoms with Crippen LogP contribution in [0.5, 0.6) is 0 Å². The van der Waals surface area contributed by atoms with Gasteiger partial charge in [0.05, 0.1) is 0 Å². The Morgan fingerprint density at radius 2 is 1.93 bits per heavy atom. The Morgan fingerprint density at radius 3 is 2.43 bits per heavy atom. The Hall–Kier alpha value is -0.910. The SMILES string of the molecule is CNS(=O)(=O)/N=C/c1ccc(Cl)cc1. The third-order valence-electron chi connectivity index (χ3n) is 1.47. The zero-order chi connectivity index (χ0) is 10.6. The number of hydrogen-bond acceptors (Lipinski definition) is 2. The summed E-state index contributed by atoms with van der Waals surface area (Å²) in [6, 6.07) is 6.68. The van der Waals surface area contributed by atoms with Crippen LogP contribution in [0.4, 0.5) is 0 Å². The van der Waals surface area contributed by atoms with Crippen molar-refractivity contribution in [1.82, 2.24) is 4.72 Å². The zero-order valence-corrected chi connectivity index (χ0v) is 9.01. The van der Waals surface area contributed by atoms with Gasteiger partial charge in [0.1, 0.15) is 0 Å². The first-order chi connectivity index (χ1) is 6.53. The van der Waals surface area contributed by atoms with E-state index in [2.05, 4.69) is 9.12 Å². The molecule has 14 heavy (non-hydrogen) atoms. The van der Waals surface area contributed by atoms with Gasteiger partial charge in [-0.1, -0.05) is 23.7 Å². The summed E-state index contributed by atoms with van der Waals surface area (Å²) in [6.07, 6.45) is 1.25. The van der Waals surface area contributed by atoms with Crippen LogP contribution in [0.1, 0.15) is 5.56 Å². The Kier molecular flexibility index (Phi) is 3.62. The lowest BCUT2D eigenvalue weighted by Gasteiger charge is -1.94. The van der Waals surface area contributed by atoms with E-state index in [-0.39, 0.29) is 0 Å². The van der Waals surface area contributed by atoms with Gasteiger partial charge in [0.2, 0.25) is 0 Å². The number of nitrogens with zero attached hydrogens (tertiary/aromatic N) is 1. The van der Waals surface area contributed by atoms with Gasteiger partial charge >= 0.3 is 10.2 Å². The molecule has 6 heteroatoms. The second-order valence-electron chi connectivity index (χ2n) is 2.47. The fraction of sp³-hybridized carbons (Fsp3) is 0.125. The molecule has 0 saturated heterocycles. The van der Waals surface area contributed by atoms with Crippen molar-refractivity contribution in [3.63, 3.8) is 0 Å². The average molecular weight is 233 g/mol. The third-order valence-corrected chi connectivity index (χ3v) is 2.62. The van der Waals surface area contributed by atoms with Crippen LogP contribution in [0.3, 0.4) is 0 Å². The summed E-state index contributed by atoms with van der Waals surface area (Å²) in [6.45, 7) is 0. The van der Waals surface area contributed by atoms with E-state index in [0.29, 0.717) is 10.6 Å². The lowest BCUT2D eigenvalue weighted by Crippen LogP contribution is -2.15. The van der Waals surface area contributed by atoms with E-state index in [1.165, 1.54) is 13.3 Å². The second kappa shape index (κ2) is 4.54. The summed E-state index contributed by atoms with van der Waals surface area (Å²) in [5, 5.41) is 0.596. The molecule has 0 heterocycles. The molecule has 0 atom stereocenters. The summed E-state index contributed by atoms with van der Waals surface area (Å²) in [5.41, 5.74) is 0.674. The lowest BCUT2D eigenvalue weighted by molar-refractivity contribution is 0.590. The molecule has 0 fully saturated rings. The average Bonchev–Trinajstić information content (AvgIpc) is 2.17. The Balaban J connectivity index is 2.84. The van der Waals surface area contributed by atoms with Crippen molar-refractivity contribution < 1.29 is 8.42 Å². The number of benzene rings is 1. The molecule has 0 aliphatic rings. The van der Waals surface area contributed by atoms with Crippen molar-refractivity contribution in [3.05, 3.63) is 34.9 Å². The van der Waals surface area contributed by atoms with Crippen LogP contribution >= 0.6 is 11.6 Å². The van der Waals surface area contributed by atoms with Crippen LogP contribution in [0, 0.1) is 0 Å². The van der Waals surface area contributed by atoms with Crippen molar-refractivity contribution in [2.24, 2.45) is 4.40 Å². The first kappa shape index (κ1) is 11.2. The van der Waals surface area contributed by atoms with Crippen LogP contribution in [0.2, 0.25) is 5.02 Å². The topological polar surface area (TPSA) is 58.5 Å². The largest absolute Gasteiger partial charge is 0.319 e. The molecular formula is C8H9ClN2O2S. The summed E-state index contributed by atoms with van der Waals surface area (Å²) < 4.78 is 27.2. The van der Waals surface area contributed by atoms with Gasteiger partial charge in [-0.15, -0.1) is 0 Å². The normalized spacial score (nSPS) is 12.1. The van der Waals surface area contributed by atoms with E-state index in [0.717, 1.165) is 0 Å². The standard InChI is InChI=1S/C8H9ClN2O2S/c1-10-14(12,13)11-6-7-2-4-8(9)5-3-7/h2-6,10H,1H3/b11-6+. The molecule has 0 unspecified atom stereocenters. The molecule has 0 aliphatic carbocycles. The Morgan fingerprint density at radius 1 is 1.36 bits per heavy atom. The molecule has 0 aromatic heterocycles. The number of nitrogens with one attached hydrogen (secondary N) is 1. The molecule has 0 saturated carbocycles.